The van der Waals surface area contributed by atoms with Crippen molar-refractivity contribution in [2.45, 2.75) is 33.1 Å². The predicted molar refractivity (Wildman–Crippen MR) is 85.0 cm³/mol. The molecular weight excluding hydrogens is 280 g/mol. The quantitative estimate of drug-likeness (QED) is 0.897. The Hall–Kier alpha value is -2.04. The fourth-order valence-corrected chi connectivity index (χ4v) is 2.97. The zero-order valence-electron chi connectivity index (χ0n) is 13.3. The molecule has 2 rings (SSSR count). The third-order valence-corrected chi connectivity index (χ3v) is 4.10. The number of amides is 2. The summed E-state index contributed by atoms with van der Waals surface area (Å²) in [6, 6.07) is 6.32. The first-order chi connectivity index (χ1) is 10.5. The normalized spacial score (nSPS) is 15.6. The number of rotatable bonds is 4. The number of benzene rings is 1. The lowest BCUT2D eigenvalue weighted by Gasteiger charge is -2.30. The first-order valence-corrected chi connectivity index (χ1v) is 7.78. The Morgan fingerprint density at radius 3 is 2.32 bits per heavy atom. The van der Waals surface area contributed by atoms with Crippen LogP contribution in [0.25, 0.3) is 0 Å². The fourth-order valence-electron chi connectivity index (χ4n) is 2.97. The molecule has 1 aromatic rings. The molecule has 1 fully saturated rings. The maximum atomic E-state index is 12.1. The van der Waals surface area contributed by atoms with Crippen LogP contribution in [0.2, 0.25) is 0 Å². The minimum atomic E-state index is -0.755. The van der Waals surface area contributed by atoms with Gasteiger partial charge < -0.3 is 15.3 Å². The van der Waals surface area contributed by atoms with Crippen molar-refractivity contribution in [2.75, 3.05) is 19.6 Å². The smallest absolute Gasteiger partial charge is 0.317 e. The molecular formula is C17H24N2O3. The Bertz CT molecular complexity index is 529. The Labute approximate surface area is 131 Å². The standard InChI is InChI=1S/C17H24N2O3/c1-12-9-13(2)11-14(10-12)3-6-18-17(22)19-7-4-15(5-8-19)16(20)21/h9-11,15H,3-8H2,1-2H3,(H,18,22)(H,20,21). The van der Waals surface area contributed by atoms with Crippen molar-refractivity contribution in [1.29, 1.82) is 0 Å². The lowest BCUT2D eigenvalue weighted by molar-refractivity contribution is -0.143. The third kappa shape index (κ3) is 4.48. The molecule has 0 atom stereocenters. The van der Waals surface area contributed by atoms with Gasteiger partial charge in [-0.3, -0.25) is 4.79 Å². The van der Waals surface area contributed by atoms with Crippen LogP contribution >= 0.6 is 0 Å². The lowest BCUT2D eigenvalue weighted by Crippen LogP contribution is -2.45. The number of likely N-dealkylation sites (tertiary alicyclic amines) is 1. The van der Waals surface area contributed by atoms with E-state index in [1.54, 1.807) is 4.90 Å². The molecule has 1 aromatic carbocycles. The topological polar surface area (TPSA) is 69.6 Å². The van der Waals surface area contributed by atoms with Crippen molar-refractivity contribution >= 4 is 12.0 Å². The third-order valence-electron chi connectivity index (χ3n) is 4.10. The highest BCUT2D eigenvalue weighted by molar-refractivity contribution is 5.75. The number of aryl methyl sites for hydroxylation is 2. The van der Waals surface area contributed by atoms with E-state index < -0.39 is 5.97 Å². The predicted octanol–water partition coefficient (Wildman–Crippen LogP) is 2.35. The van der Waals surface area contributed by atoms with Gasteiger partial charge in [-0.25, -0.2) is 4.79 Å². The highest BCUT2D eigenvalue weighted by Crippen LogP contribution is 2.17. The number of nitrogens with one attached hydrogen (secondary N) is 1. The molecule has 0 radical (unpaired) electrons. The molecule has 0 spiro atoms. The number of piperidine rings is 1. The molecule has 1 heterocycles. The molecule has 0 saturated carbocycles. The van der Waals surface area contributed by atoms with Gasteiger partial charge in [-0.2, -0.15) is 0 Å². The van der Waals surface area contributed by atoms with Crippen LogP contribution < -0.4 is 5.32 Å². The van der Waals surface area contributed by atoms with E-state index in [-0.39, 0.29) is 11.9 Å². The summed E-state index contributed by atoms with van der Waals surface area (Å²) >= 11 is 0. The van der Waals surface area contributed by atoms with E-state index in [1.165, 1.54) is 16.7 Å². The number of urea groups is 1. The zero-order valence-corrected chi connectivity index (χ0v) is 13.3. The van der Waals surface area contributed by atoms with Crippen LogP contribution in [0.5, 0.6) is 0 Å². The Kier molecular flexibility index (Phi) is 5.41. The minimum absolute atomic E-state index is 0.0896. The van der Waals surface area contributed by atoms with Gasteiger partial charge in [0.15, 0.2) is 0 Å². The average molecular weight is 304 g/mol. The Balaban J connectivity index is 1.75. The van der Waals surface area contributed by atoms with Gasteiger partial charge in [0.2, 0.25) is 0 Å². The van der Waals surface area contributed by atoms with Gasteiger partial charge in [0.05, 0.1) is 5.92 Å². The molecule has 5 heteroatoms. The lowest BCUT2D eigenvalue weighted by atomic mass is 9.97. The van der Waals surface area contributed by atoms with Crippen LogP contribution in [0, 0.1) is 19.8 Å². The van der Waals surface area contributed by atoms with Gasteiger partial charge in [-0.15, -0.1) is 0 Å². The first kappa shape index (κ1) is 16.3. The van der Waals surface area contributed by atoms with Crippen molar-refractivity contribution in [3.63, 3.8) is 0 Å². The van der Waals surface area contributed by atoms with Crippen molar-refractivity contribution in [2.24, 2.45) is 5.92 Å². The van der Waals surface area contributed by atoms with Gasteiger partial charge in [-0.1, -0.05) is 29.3 Å². The van der Waals surface area contributed by atoms with E-state index >= 15 is 0 Å². The Morgan fingerprint density at radius 1 is 1.18 bits per heavy atom. The van der Waals surface area contributed by atoms with E-state index in [0.29, 0.717) is 32.5 Å². The van der Waals surface area contributed by atoms with Crippen LogP contribution in [0.3, 0.4) is 0 Å². The number of carboxylic acid groups (broad SMARTS) is 1. The molecule has 0 aromatic heterocycles. The second-order valence-corrected chi connectivity index (χ2v) is 6.08. The van der Waals surface area contributed by atoms with E-state index in [1.807, 2.05) is 0 Å². The molecule has 0 bridgehead atoms. The summed E-state index contributed by atoms with van der Waals surface area (Å²) in [6.07, 6.45) is 1.89. The van der Waals surface area contributed by atoms with Crippen LogP contribution in [-0.2, 0) is 11.2 Å². The van der Waals surface area contributed by atoms with E-state index in [9.17, 15) is 9.59 Å². The van der Waals surface area contributed by atoms with Gasteiger partial charge in [0.1, 0.15) is 0 Å². The van der Waals surface area contributed by atoms with Gasteiger partial charge >= 0.3 is 12.0 Å². The molecule has 22 heavy (non-hydrogen) atoms. The number of hydrogen-bond donors (Lipinski definition) is 2. The summed E-state index contributed by atoms with van der Waals surface area (Å²) in [5.74, 6) is -1.06. The summed E-state index contributed by atoms with van der Waals surface area (Å²) in [4.78, 5) is 24.7. The van der Waals surface area contributed by atoms with Gasteiger partial charge in [0, 0.05) is 19.6 Å². The molecule has 2 amide bonds. The van der Waals surface area contributed by atoms with E-state index in [0.717, 1.165) is 6.42 Å². The molecule has 2 N–H and O–H groups in total. The molecule has 0 unspecified atom stereocenters. The molecule has 5 nitrogen and oxygen atoms in total. The van der Waals surface area contributed by atoms with Crippen LogP contribution in [-0.4, -0.2) is 41.6 Å². The summed E-state index contributed by atoms with van der Waals surface area (Å²) in [5.41, 5.74) is 3.69. The maximum absolute atomic E-state index is 12.1. The number of hydrogen-bond acceptors (Lipinski definition) is 2. The second-order valence-electron chi connectivity index (χ2n) is 6.08. The van der Waals surface area contributed by atoms with Crippen LogP contribution in [0.15, 0.2) is 18.2 Å². The van der Waals surface area contributed by atoms with E-state index in [2.05, 4.69) is 37.4 Å². The highest BCUT2D eigenvalue weighted by Gasteiger charge is 2.26. The van der Waals surface area contributed by atoms with Crippen molar-refractivity contribution in [3.8, 4) is 0 Å². The monoisotopic (exact) mass is 304 g/mol. The number of carbonyl (C=O) groups is 2. The van der Waals surface area contributed by atoms with Gasteiger partial charge in [0.25, 0.3) is 0 Å². The number of aliphatic carboxylic acids is 1. The summed E-state index contributed by atoms with van der Waals surface area (Å²) in [7, 11) is 0. The van der Waals surface area contributed by atoms with Crippen LogP contribution in [0.1, 0.15) is 29.5 Å². The van der Waals surface area contributed by atoms with Crippen molar-refractivity contribution in [3.05, 3.63) is 34.9 Å². The SMILES string of the molecule is Cc1cc(C)cc(CCNC(=O)N2CCC(C(=O)O)CC2)c1. The summed E-state index contributed by atoms with van der Waals surface area (Å²) in [5, 5.41) is 11.9. The number of carboxylic acids is 1. The highest BCUT2D eigenvalue weighted by atomic mass is 16.4. The Morgan fingerprint density at radius 2 is 1.77 bits per heavy atom. The molecule has 1 aliphatic heterocycles. The number of nitrogens with zero attached hydrogens (tertiary/aromatic N) is 1. The van der Waals surface area contributed by atoms with Crippen molar-refractivity contribution in [1.82, 2.24) is 10.2 Å². The average Bonchev–Trinajstić information content (AvgIpc) is 2.46. The molecule has 0 aliphatic carbocycles. The molecule has 120 valence electrons. The first-order valence-electron chi connectivity index (χ1n) is 7.78. The molecule has 1 aliphatic rings. The largest absolute Gasteiger partial charge is 0.481 e. The summed E-state index contributed by atoms with van der Waals surface area (Å²) < 4.78 is 0. The van der Waals surface area contributed by atoms with E-state index in [4.69, 9.17) is 5.11 Å². The fraction of sp³-hybridized carbons (Fsp3) is 0.529. The van der Waals surface area contributed by atoms with Crippen LogP contribution in [0.4, 0.5) is 4.79 Å². The minimum Gasteiger partial charge on any atom is -0.481 e. The molecule has 1 saturated heterocycles. The van der Waals surface area contributed by atoms with Crippen molar-refractivity contribution < 1.29 is 14.7 Å². The second kappa shape index (κ2) is 7.29. The summed E-state index contributed by atoms with van der Waals surface area (Å²) in [6.45, 7) is 5.78. The number of carbonyl (C=O) groups excluding carboxylic acids is 1. The van der Waals surface area contributed by atoms with Gasteiger partial charge in [-0.05, 0) is 38.7 Å². The maximum Gasteiger partial charge on any atom is 0.317 e. The zero-order chi connectivity index (χ0) is 16.1.